The van der Waals surface area contributed by atoms with E-state index < -0.39 is 26.5 Å². The highest BCUT2D eigenvalue weighted by Gasteiger charge is 2.26. The normalized spacial score (nSPS) is 13.9. The average Bonchev–Trinajstić information content (AvgIpc) is 3.08. The van der Waals surface area contributed by atoms with E-state index in [1.807, 2.05) is 19.0 Å². The molecular formula is C40H74NO8P. The molecule has 10 heteroatoms. The van der Waals surface area contributed by atoms with E-state index in [0.29, 0.717) is 13.0 Å². The molecule has 0 aromatic rings. The molecule has 1 N–H and O–H groups in total. The Labute approximate surface area is 306 Å². The molecule has 0 amide bonds. The summed E-state index contributed by atoms with van der Waals surface area (Å²) in [5.74, 6) is -0.848. The van der Waals surface area contributed by atoms with Crippen molar-refractivity contribution < 1.29 is 37.6 Å². The molecular weight excluding hydrogens is 653 g/mol. The number of hydrogen-bond acceptors (Lipinski definition) is 8. The molecule has 0 heterocycles. The van der Waals surface area contributed by atoms with E-state index in [2.05, 4.69) is 50.3 Å². The Bertz CT molecular complexity index is 936. The quantitative estimate of drug-likeness (QED) is 0.0292. The zero-order valence-corrected chi connectivity index (χ0v) is 33.2. The third-order valence-corrected chi connectivity index (χ3v) is 9.18. The van der Waals surface area contributed by atoms with E-state index in [-0.39, 0.29) is 32.0 Å². The van der Waals surface area contributed by atoms with Gasteiger partial charge in [-0.15, -0.1) is 0 Å². The average molecular weight is 728 g/mol. The highest BCUT2D eigenvalue weighted by Crippen LogP contribution is 2.43. The van der Waals surface area contributed by atoms with E-state index in [4.69, 9.17) is 18.5 Å². The Morgan fingerprint density at radius 3 is 1.64 bits per heavy atom. The van der Waals surface area contributed by atoms with E-state index in [1.54, 1.807) is 0 Å². The van der Waals surface area contributed by atoms with Crippen LogP contribution in [-0.2, 0) is 32.7 Å². The number of carbonyl (C=O) groups is 2. The van der Waals surface area contributed by atoms with Crippen LogP contribution in [0.2, 0.25) is 0 Å². The maximum absolute atomic E-state index is 12.6. The second kappa shape index (κ2) is 35.6. The number of phosphoric acid groups is 1. The molecule has 2 unspecified atom stereocenters. The highest BCUT2D eigenvalue weighted by molar-refractivity contribution is 7.47. The molecule has 0 saturated heterocycles. The zero-order chi connectivity index (χ0) is 37.0. The van der Waals surface area contributed by atoms with Crippen LogP contribution in [0.15, 0.2) is 36.5 Å². The highest BCUT2D eigenvalue weighted by atomic mass is 31.2. The van der Waals surface area contributed by atoms with Gasteiger partial charge in [0.2, 0.25) is 0 Å². The molecule has 0 fully saturated rings. The Morgan fingerprint density at radius 1 is 0.620 bits per heavy atom. The molecule has 0 saturated carbocycles. The van der Waals surface area contributed by atoms with Crippen LogP contribution in [0.4, 0.5) is 0 Å². The van der Waals surface area contributed by atoms with Gasteiger partial charge in [0.15, 0.2) is 6.10 Å². The first-order valence-corrected chi connectivity index (χ1v) is 21.3. The molecule has 0 radical (unpaired) electrons. The number of unbranched alkanes of at least 4 members (excludes halogenated alkanes) is 16. The fourth-order valence-electron chi connectivity index (χ4n) is 5.10. The number of likely N-dealkylation sites (N-methyl/N-ethyl adjacent to an activating group) is 1. The van der Waals surface area contributed by atoms with Crippen molar-refractivity contribution >= 4 is 19.8 Å². The van der Waals surface area contributed by atoms with Crippen LogP contribution >= 0.6 is 7.82 Å². The maximum atomic E-state index is 12.6. The minimum atomic E-state index is -4.36. The van der Waals surface area contributed by atoms with Gasteiger partial charge in [0, 0.05) is 19.4 Å². The summed E-state index contributed by atoms with van der Waals surface area (Å²) in [6.45, 7) is 4.23. The first-order chi connectivity index (χ1) is 24.2. The monoisotopic (exact) mass is 728 g/mol. The van der Waals surface area contributed by atoms with Gasteiger partial charge in [-0.3, -0.25) is 18.6 Å². The van der Waals surface area contributed by atoms with Crippen molar-refractivity contribution in [2.45, 2.75) is 168 Å². The molecule has 50 heavy (non-hydrogen) atoms. The minimum absolute atomic E-state index is 0.000532. The Morgan fingerprint density at radius 2 is 1.08 bits per heavy atom. The summed E-state index contributed by atoms with van der Waals surface area (Å²) < 4.78 is 33.3. The lowest BCUT2D eigenvalue weighted by molar-refractivity contribution is -0.161. The third kappa shape index (κ3) is 36.0. The van der Waals surface area contributed by atoms with Crippen molar-refractivity contribution in [1.29, 1.82) is 0 Å². The first-order valence-electron chi connectivity index (χ1n) is 19.8. The van der Waals surface area contributed by atoms with E-state index in [0.717, 1.165) is 51.4 Å². The van der Waals surface area contributed by atoms with Gasteiger partial charge in [-0.1, -0.05) is 134 Å². The van der Waals surface area contributed by atoms with Gasteiger partial charge in [0.1, 0.15) is 6.61 Å². The van der Waals surface area contributed by atoms with Crippen molar-refractivity contribution in [3.8, 4) is 0 Å². The van der Waals surface area contributed by atoms with E-state index in [9.17, 15) is 19.0 Å². The third-order valence-electron chi connectivity index (χ3n) is 8.20. The molecule has 0 aromatic carbocycles. The molecule has 2 atom stereocenters. The number of allylic oxidation sites excluding steroid dienone is 6. The number of esters is 2. The van der Waals surface area contributed by atoms with Gasteiger partial charge in [0.25, 0.3) is 0 Å². The van der Waals surface area contributed by atoms with Crippen molar-refractivity contribution in [3.63, 3.8) is 0 Å². The summed E-state index contributed by atoms with van der Waals surface area (Å²) in [4.78, 5) is 36.8. The largest absolute Gasteiger partial charge is 0.472 e. The van der Waals surface area contributed by atoms with E-state index >= 15 is 0 Å². The maximum Gasteiger partial charge on any atom is 0.472 e. The lowest BCUT2D eigenvalue weighted by atomic mass is 10.0. The predicted octanol–water partition coefficient (Wildman–Crippen LogP) is 10.8. The van der Waals surface area contributed by atoms with Crippen molar-refractivity contribution in [1.82, 2.24) is 4.90 Å². The number of rotatable bonds is 36. The Balaban J connectivity index is 4.42. The summed E-state index contributed by atoms with van der Waals surface area (Å²) in [5, 5.41) is 0. The van der Waals surface area contributed by atoms with Crippen LogP contribution in [0.25, 0.3) is 0 Å². The lowest BCUT2D eigenvalue weighted by Gasteiger charge is -2.20. The van der Waals surface area contributed by atoms with Crippen LogP contribution < -0.4 is 0 Å². The van der Waals surface area contributed by atoms with Gasteiger partial charge in [-0.05, 0) is 65.5 Å². The van der Waals surface area contributed by atoms with Crippen LogP contribution in [0.1, 0.15) is 162 Å². The summed E-state index contributed by atoms with van der Waals surface area (Å²) in [7, 11) is -0.729. The van der Waals surface area contributed by atoms with Crippen molar-refractivity contribution in [2.24, 2.45) is 0 Å². The number of hydrogen-bond donors (Lipinski definition) is 1. The van der Waals surface area contributed by atoms with Gasteiger partial charge in [-0.2, -0.15) is 0 Å². The lowest BCUT2D eigenvalue weighted by Crippen LogP contribution is -2.29. The molecule has 9 nitrogen and oxygen atoms in total. The Hall–Kier alpha value is -1.77. The molecule has 0 aromatic heterocycles. The minimum Gasteiger partial charge on any atom is -0.462 e. The van der Waals surface area contributed by atoms with Crippen molar-refractivity contribution in [3.05, 3.63) is 36.5 Å². The standard InChI is InChI=1S/C40H74NO8P/c1-5-7-9-11-13-15-17-19-20-21-23-25-27-29-31-33-40(43)49-38(37-48-50(44,45)47-35-34-41(3)4)36-46-39(42)32-30-28-26-24-22-18-16-14-12-10-8-6-2/h13,15,19-20,23,25,38H,5-12,14,16-18,21-22,24,26-37H2,1-4H3,(H,44,45)/b15-13-,20-19-,25-23-. The second-order valence-corrected chi connectivity index (χ2v) is 14.9. The van der Waals surface area contributed by atoms with Gasteiger partial charge >= 0.3 is 19.8 Å². The summed E-state index contributed by atoms with van der Waals surface area (Å²) in [6.07, 6.45) is 36.2. The van der Waals surface area contributed by atoms with Gasteiger partial charge in [0.05, 0.1) is 13.2 Å². The summed E-state index contributed by atoms with van der Waals surface area (Å²) in [5.41, 5.74) is 0. The first kappa shape index (κ1) is 48.2. The van der Waals surface area contributed by atoms with E-state index in [1.165, 1.54) is 77.0 Å². The fourth-order valence-corrected chi connectivity index (χ4v) is 5.85. The van der Waals surface area contributed by atoms with Gasteiger partial charge in [-0.25, -0.2) is 4.57 Å². The Kier molecular flexibility index (Phi) is 34.4. The molecule has 0 spiro atoms. The second-order valence-electron chi connectivity index (χ2n) is 13.5. The fraction of sp³-hybridized carbons (Fsp3) is 0.800. The number of carbonyl (C=O) groups excluding carboxylic acids is 2. The van der Waals surface area contributed by atoms with Crippen LogP contribution in [-0.4, -0.2) is 68.3 Å². The molecule has 0 aliphatic heterocycles. The summed E-state index contributed by atoms with van der Waals surface area (Å²) in [6, 6.07) is 0. The van der Waals surface area contributed by atoms with Gasteiger partial charge < -0.3 is 19.3 Å². The molecule has 0 aliphatic carbocycles. The zero-order valence-electron chi connectivity index (χ0n) is 32.3. The SMILES string of the molecule is CCCCC/C=C\C/C=C\C/C=C\CCCCC(=O)OC(COC(=O)CCCCCCCCCCCCCC)COP(=O)(O)OCCN(C)C. The van der Waals surface area contributed by atoms with Crippen LogP contribution in [0, 0.1) is 0 Å². The number of nitrogens with zero attached hydrogens (tertiary/aromatic N) is 1. The topological polar surface area (TPSA) is 112 Å². The number of ether oxygens (including phenoxy) is 2. The molecule has 0 rings (SSSR count). The van der Waals surface area contributed by atoms with Crippen molar-refractivity contribution in [2.75, 3.05) is 40.5 Å². The molecule has 0 bridgehead atoms. The summed E-state index contributed by atoms with van der Waals surface area (Å²) >= 11 is 0. The smallest absolute Gasteiger partial charge is 0.462 e. The van der Waals surface area contributed by atoms with Crippen LogP contribution in [0.5, 0.6) is 0 Å². The van der Waals surface area contributed by atoms with Crippen LogP contribution in [0.3, 0.4) is 0 Å². The number of phosphoric ester groups is 1. The molecule has 292 valence electrons. The predicted molar refractivity (Wildman–Crippen MR) is 206 cm³/mol. The molecule has 0 aliphatic rings.